The van der Waals surface area contributed by atoms with E-state index in [9.17, 15) is 9.59 Å². The first-order valence-electron chi connectivity index (χ1n) is 9.67. The van der Waals surface area contributed by atoms with Crippen LogP contribution in [0, 0.1) is 6.92 Å². The molecular formula is C21H24N4O4S2. The quantitative estimate of drug-likeness (QED) is 0.375. The molecule has 8 nitrogen and oxygen atoms in total. The highest BCUT2D eigenvalue weighted by Crippen LogP contribution is 2.26. The summed E-state index contributed by atoms with van der Waals surface area (Å²) in [6.07, 6.45) is -0.299. The van der Waals surface area contributed by atoms with Gasteiger partial charge in [-0.3, -0.25) is 4.79 Å². The van der Waals surface area contributed by atoms with Gasteiger partial charge in [-0.1, -0.05) is 29.5 Å². The zero-order valence-electron chi connectivity index (χ0n) is 17.7. The smallest absolute Gasteiger partial charge is 0.340 e. The molecule has 1 amide bonds. The highest BCUT2D eigenvalue weighted by molar-refractivity contribution is 7.99. The molecular weight excluding hydrogens is 436 g/mol. The molecule has 3 rings (SSSR count). The Morgan fingerprint density at radius 3 is 2.65 bits per heavy atom. The number of hydrogen-bond acceptors (Lipinski definition) is 8. The minimum absolute atomic E-state index is 0.129. The van der Waals surface area contributed by atoms with Gasteiger partial charge >= 0.3 is 5.97 Å². The predicted octanol–water partition coefficient (Wildman–Crippen LogP) is 4.33. The molecule has 1 unspecified atom stereocenters. The third-order valence-corrected chi connectivity index (χ3v) is 6.21. The van der Waals surface area contributed by atoms with Crippen LogP contribution >= 0.6 is 23.1 Å². The van der Waals surface area contributed by atoms with Crippen LogP contribution in [0.3, 0.4) is 0 Å². The standard InChI is InChI=1S/C21H24N4O4S2/c1-5-25-18(14(3)29-15-8-6-13(2)7-9-15)23-24-21(25)31-12-17(26)22-19-16(10-11-30-19)20(27)28-4/h6-11,14H,5,12H2,1-4H3,(H,22,26). The van der Waals surface area contributed by atoms with Gasteiger partial charge in [-0.15, -0.1) is 21.5 Å². The Morgan fingerprint density at radius 2 is 1.97 bits per heavy atom. The molecule has 1 aromatic carbocycles. The number of ether oxygens (including phenoxy) is 2. The van der Waals surface area contributed by atoms with Crippen molar-refractivity contribution in [2.75, 3.05) is 18.2 Å². The second kappa shape index (κ2) is 10.5. The summed E-state index contributed by atoms with van der Waals surface area (Å²) < 4.78 is 12.7. The summed E-state index contributed by atoms with van der Waals surface area (Å²) in [5.41, 5.74) is 1.50. The predicted molar refractivity (Wildman–Crippen MR) is 121 cm³/mol. The molecule has 2 heterocycles. The lowest BCUT2D eigenvalue weighted by molar-refractivity contribution is -0.113. The van der Waals surface area contributed by atoms with E-state index in [1.54, 1.807) is 11.4 Å². The largest absolute Gasteiger partial charge is 0.483 e. The monoisotopic (exact) mass is 460 g/mol. The number of thiophene rings is 1. The van der Waals surface area contributed by atoms with Crippen molar-refractivity contribution in [1.29, 1.82) is 0 Å². The zero-order chi connectivity index (χ0) is 22.4. The molecule has 2 aromatic heterocycles. The number of nitrogens with one attached hydrogen (secondary N) is 1. The average molecular weight is 461 g/mol. The van der Waals surface area contributed by atoms with Crippen LogP contribution in [0.4, 0.5) is 5.00 Å². The fraction of sp³-hybridized carbons (Fsp3) is 0.333. The second-order valence-electron chi connectivity index (χ2n) is 6.65. The Balaban J connectivity index is 1.63. The van der Waals surface area contributed by atoms with Crippen molar-refractivity contribution in [3.63, 3.8) is 0 Å². The number of rotatable bonds is 9. The van der Waals surface area contributed by atoms with Gasteiger partial charge in [0.25, 0.3) is 0 Å². The van der Waals surface area contributed by atoms with E-state index in [2.05, 4.69) is 15.5 Å². The first kappa shape index (κ1) is 22.8. The Hall–Kier alpha value is -2.85. The van der Waals surface area contributed by atoms with E-state index in [0.29, 0.717) is 28.1 Å². The van der Waals surface area contributed by atoms with Crippen molar-refractivity contribution in [3.8, 4) is 5.75 Å². The number of aryl methyl sites for hydroxylation is 1. The molecule has 1 N–H and O–H groups in total. The summed E-state index contributed by atoms with van der Waals surface area (Å²) in [5.74, 6) is 0.854. The lowest BCUT2D eigenvalue weighted by atomic mass is 10.2. The lowest BCUT2D eigenvalue weighted by Gasteiger charge is -2.15. The number of carbonyl (C=O) groups is 2. The van der Waals surface area contributed by atoms with E-state index >= 15 is 0 Å². The molecule has 0 fully saturated rings. The summed E-state index contributed by atoms with van der Waals surface area (Å²) in [4.78, 5) is 24.1. The normalized spacial score (nSPS) is 11.7. The Kier molecular flexibility index (Phi) is 7.69. The zero-order valence-corrected chi connectivity index (χ0v) is 19.4. The summed E-state index contributed by atoms with van der Waals surface area (Å²) >= 11 is 2.55. The third-order valence-electron chi connectivity index (χ3n) is 4.41. The number of benzene rings is 1. The average Bonchev–Trinajstić information content (AvgIpc) is 3.39. The van der Waals surface area contributed by atoms with Gasteiger partial charge in [-0.25, -0.2) is 4.79 Å². The molecule has 0 spiro atoms. The van der Waals surface area contributed by atoms with Crippen LogP contribution in [0.25, 0.3) is 0 Å². The number of hydrogen-bond donors (Lipinski definition) is 1. The SMILES string of the molecule is CCn1c(SCC(=O)Nc2sccc2C(=O)OC)nnc1C(C)Oc1ccc(C)cc1. The van der Waals surface area contributed by atoms with Crippen LogP contribution in [0.15, 0.2) is 40.9 Å². The van der Waals surface area contributed by atoms with Gasteiger partial charge < -0.3 is 19.4 Å². The van der Waals surface area contributed by atoms with Crippen LogP contribution < -0.4 is 10.1 Å². The molecule has 3 aromatic rings. The number of carbonyl (C=O) groups excluding carboxylic acids is 2. The Bertz CT molecular complexity index is 1050. The maximum absolute atomic E-state index is 12.4. The van der Waals surface area contributed by atoms with Crippen LogP contribution in [0.5, 0.6) is 5.75 Å². The number of aromatic nitrogens is 3. The van der Waals surface area contributed by atoms with E-state index < -0.39 is 5.97 Å². The van der Waals surface area contributed by atoms with Gasteiger partial charge in [0.1, 0.15) is 10.8 Å². The number of amides is 1. The van der Waals surface area contributed by atoms with E-state index in [4.69, 9.17) is 9.47 Å². The molecule has 0 saturated heterocycles. The van der Waals surface area contributed by atoms with Crippen molar-refractivity contribution in [1.82, 2.24) is 14.8 Å². The molecule has 1 atom stereocenters. The second-order valence-corrected chi connectivity index (χ2v) is 8.51. The molecule has 10 heteroatoms. The molecule has 31 heavy (non-hydrogen) atoms. The molecule has 0 radical (unpaired) electrons. The number of thioether (sulfide) groups is 1. The number of methoxy groups -OCH3 is 1. The molecule has 0 aliphatic heterocycles. The van der Waals surface area contributed by atoms with Crippen LogP contribution in [0.1, 0.15) is 41.7 Å². The third kappa shape index (κ3) is 5.65. The number of nitrogens with zero attached hydrogens (tertiary/aromatic N) is 3. The summed E-state index contributed by atoms with van der Waals surface area (Å²) in [6, 6.07) is 9.45. The number of esters is 1. The first-order valence-corrected chi connectivity index (χ1v) is 11.5. The Labute approximate surface area is 189 Å². The Morgan fingerprint density at radius 1 is 1.23 bits per heavy atom. The van der Waals surface area contributed by atoms with Gasteiger partial charge in [0.05, 0.1) is 18.4 Å². The number of anilines is 1. The van der Waals surface area contributed by atoms with Gasteiger partial charge in [0, 0.05) is 6.54 Å². The van der Waals surface area contributed by atoms with E-state index in [1.807, 2.05) is 49.6 Å². The fourth-order valence-corrected chi connectivity index (χ4v) is 4.45. The topological polar surface area (TPSA) is 95.3 Å². The maximum atomic E-state index is 12.4. The van der Waals surface area contributed by atoms with Crippen LogP contribution in [0.2, 0.25) is 0 Å². The maximum Gasteiger partial charge on any atom is 0.340 e. The van der Waals surface area contributed by atoms with Gasteiger partial charge in [0.15, 0.2) is 17.1 Å². The van der Waals surface area contributed by atoms with E-state index in [1.165, 1.54) is 30.2 Å². The van der Waals surface area contributed by atoms with Crippen molar-refractivity contribution in [2.24, 2.45) is 0 Å². The van der Waals surface area contributed by atoms with E-state index in [-0.39, 0.29) is 17.8 Å². The minimum Gasteiger partial charge on any atom is -0.483 e. The lowest BCUT2D eigenvalue weighted by Crippen LogP contribution is -2.16. The van der Waals surface area contributed by atoms with Crippen LogP contribution in [-0.2, 0) is 16.1 Å². The molecule has 164 valence electrons. The van der Waals surface area contributed by atoms with Crippen molar-refractivity contribution in [3.05, 3.63) is 52.7 Å². The van der Waals surface area contributed by atoms with Crippen molar-refractivity contribution in [2.45, 2.75) is 38.6 Å². The first-order chi connectivity index (χ1) is 14.9. The fourth-order valence-electron chi connectivity index (χ4n) is 2.85. The molecule has 0 aliphatic rings. The summed E-state index contributed by atoms with van der Waals surface area (Å²) in [6.45, 7) is 6.58. The van der Waals surface area contributed by atoms with Gasteiger partial charge in [0.2, 0.25) is 5.91 Å². The molecule has 0 aliphatic carbocycles. The summed E-state index contributed by atoms with van der Waals surface area (Å²) in [5, 5.41) is 14.1. The minimum atomic E-state index is -0.484. The highest BCUT2D eigenvalue weighted by atomic mass is 32.2. The van der Waals surface area contributed by atoms with Gasteiger partial charge in [-0.05, 0) is 44.4 Å². The van der Waals surface area contributed by atoms with E-state index in [0.717, 1.165) is 11.3 Å². The summed E-state index contributed by atoms with van der Waals surface area (Å²) in [7, 11) is 1.31. The van der Waals surface area contributed by atoms with Crippen molar-refractivity contribution < 1.29 is 19.1 Å². The van der Waals surface area contributed by atoms with Gasteiger partial charge in [-0.2, -0.15) is 0 Å². The molecule has 0 saturated carbocycles. The van der Waals surface area contributed by atoms with Crippen LogP contribution in [-0.4, -0.2) is 39.5 Å². The van der Waals surface area contributed by atoms with Crippen molar-refractivity contribution >= 4 is 40.0 Å². The highest BCUT2D eigenvalue weighted by Gasteiger charge is 2.20. The molecule has 0 bridgehead atoms.